The van der Waals surface area contributed by atoms with Crippen LogP contribution in [0, 0.1) is 0 Å². The lowest BCUT2D eigenvalue weighted by Gasteiger charge is -2.03. The lowest BCUT2D eigenvalue weighted by molar-refractivity contribution is -0.684. The number of ether oxygens (including phenoxy) is 1. The first-order valence-corrected chi connectivity index (χ1v) is 7.10. The largest absolute Gasteiger partial charge is 0.385 e. The average Bonchev–Trinajstić information content (AvgIpc) is 2.53. The predicted molar refractivity (Wildman–Crippen MR) is 81.6 cm³/mol. The number of aromatic nitrogens is 1. The monoisotopic (exact) mass is 285 g/mol. The Morgan fingerprint density at radius 3 is 2.67 bits per heavy atom. The second-order valence-electron chi connectivity index (χ2n) is 4.83. The van der Waals surface area contributed by atoms with Gasteiger partial charge in [0.25, 0.3) is 5.91 Å². The molecule has 0 aliphatic rings. The maximum Gasteiger partial charge on any atom is 0.285 e. The highest BCUT2D eigenvalue weighted by Gasteiger charge is 2.10. The summed E-state index contributed by atoms with van der Waals surface area (Å²) < 4.78 is 6.85. The molecule has 2 rings (SSSR count). The van der Waals surface area contributed by atoms with E-state index in [0.29, 0.717) is 19.7 Å². The van der Waals surface area contributed by atoms with Crippen molar-refractivity contribution in [2.24, 2.45) is 0 Å². The maximum absolute atomic E-state index is 11.9. The van der Waals surface area contributed by atoms with Crippen molar-refractivity contribution >= 4 is 5.91 Å². The fraction of sp³-hybridized carbons (Fsp3) is 0.294. The Morgan fingerprint density at radius 2 is 1.90 bits per heavy atom. The highest BCUT2D eigenvalue weighted by Crippen LogP contribution is 2.15. The number of pyridine rings is 1. The van der Waals surface area contributed by atoms with E-state index in [0.717, 1.165) is 17.5 Å². The molecule has 4 heteroatoms. The molecule has 21 heavy (non-hydrogen) atoms. The van der Waals surface area contributed by atoms with Crippen LogP contribution in [-0.2, 0) is 16.1 Å². The summed E-state index contributed by atoms with van der Waals surface area (Å²) in [5, 5.41) is 2.89. The highest BCUT2D eigenvalue weighted by atomic mass is 16.5. The van der Waals surface area contributed by atoms with Crippen molar-refractivity contribution in [3.05, 3.63) is 54.9 Å². The van der Waals surface area contributed by atoms with Crippen molar-refractivity contribution < 1.29 is 14.1 Å². The number of hydrogen-bond acceptors (Lipinski definition) is 2. The fourth-order valence-electron chi connectivity index (χ4n) is 2.09. The Labute approximate surface area is 125 Å². The first-order chi connectivity index (χ1) is 10.3. The van der Waals surface area contributed by atoms with Crippen LogP contribution >= 0.6 is 0 Å². The number of rotatable bonds is 7. The smallest absolute Gasteiger partial charge is 0.285 e. The number of nitrogens with zero attached hydrogens (tertiary/aromatic N) is 1. The van der Waals surface area contributed by atoms with E-state index in [2.05, 4.69) is 17.4 Å². The quantitative estimate of drug-likeness (QED) is 0.622. The van der Waals surface area contributed by atoms with Gasteiger partial charge in [-0.05, 0) is 18.1 Å². The zero-order valence-corrected chi connectivity index (χ0v) is 12.3. The van der Waals surface area contributed by atoms with Gasteiger partial charge in [-0.25, -0.2) is 0 Å². The van der Waals surface area contributed by atoms with E-state index in [1.54, 1.807) is 7.11 Å². The lowest BCUT2D eigenvalue weighted by Crippen LogP contribution is -2.42. The summed E-state index contributed by atoms with van der Waals surface area (Å²) in [5.41, 5.74) is 2.25. The number of amides is 1. The molecule has 1 aromatic carbocycles. The molecule has 0 atom stereocenters. The zero-order chi connectivity index (χ0) is 14.9. The molecule has 0 radical (unpaired) electrons. The molecule has 1 N–H and O–H groups in total. The average molecular weight is 285 g/mol. The van der Waals surface area contributed by atoms with Crippen LogP contribution < -0.4 is 9.88 Å². The van der Waals surface area contributed by atoms with E-state index in [1.165, 1.54) is 0 Å². The number of benzene rings is 1. The third-order valence-corrected chi connectivity index (χ3v) is 3.14. The van der Waals surface area contributed by atoms with Crippen molar-refractivity contribution in [2.75, 3.05) is 20.3 Å². The second kappa shape index (κ2) is 8.17. The summed E-state index contributed by atoms with van der Waals surface area (Å²) in [6, 6.07) is 14.1. The SMILES string of the molecule is COCCCNC(=O)C[n+]1cccc(-c2ccccc2)c1. The number of hydrogen-bond donors (Lipinski definition) is 1. The van der Waals surface area contributed by atoms with Crippen LogP contribution in [0.3, 0.4) is 0 Å². The van der Waals surface area contributed by atoms with E-state index in [1.807, 2.05) is 47.3 Å². The molecular weight excluding hydrogens is 264 g/mol. The first kappa shape index (κ1) is 15.2. The molecule has 0 saturated carbocycles. The number of carbonyl (C=O) groups is 1. The van der Waals surface area contributed by atoms with E-state index in [-0.39, 0.29) is 5.91 Å². The normalized spacial score (nSPS) is 10.3. The minimum Gasteiger partial charge on any atom is -0.385 e. The Morgan fingerprint density at radius 1 is 1.14 bits per heavy atom. The molecule has 1 heterocycles. The van der Waals surface area contributed by atoms with Crippen LogP contribution in [0.5, 0.6) is 0 Å². The molecular formula is C17H21N2O2+. The maximum atomic E-state index is 11.9. The topological polar surface area (TPSA) is 42.2 Å². The number of methoxy groups -OCH3 is 1. The van der Waals surface area contributed by atoms with Crippen molar-refractivity contribution in [3.63, 3.8) is 0 Å². The molecule has 110 valence electrons. The molecule has 2 aromatic rings. The van der Waals surface area contributed by atoms with Gasteiger partial charge in [-0.1, -0.05) is 30.3 Å². The van der Waals surface area contributed by atoms with Crippen molar-refractivity contribution in [1.29, 1.82) is 0 Å². The van der Waals surface area contributed by atoms with Gasteiger partial charge in [0, 0.05) is 31.9 Å². The van der Waals surface area contributed by atoms with Gasteiger partial charge in [0.05, 0.1) is 0 Å². The van der Waals surface area contributed by atoms with Gasteiger partial charge >= 0.3 is 0 Å². The molecule has 0 spiro atoms. The van der Waals surface area contributed by atoms with Gasteiger partial charge in [0.2, 0.25) is 6.54 Å². The molecule has 1 amide bonds. The third-order valence-electron chi connectivity index (χ3n) is 3.14. The van der Waals surface area contributed by atoms with E-state index in [4.69, 9.17) is 4.74 Å². The summed E-state index contributed by atoms with van der Waals surface area (Å²) in [5.74, 6) is 0.0151. The van der Waals surface area contributed by atoms with Gasteiger partial charge in [0.1, 0.15) is 0 Å². The third kappa shape index (κ3) is 5.00. The highest BCUT2D eigenvalue weighted by molar-refractivity contribution is 5.74. The first-order valence-electron chi connectivity index (χ1n) is 7.10. The fourth-order valence-corrected chi connectivity index (χ4v) is 2.09. The lowest BCUT2D eigenvalue weighted by atomic mass is 10.1. The van der Waals surface area contributed by atoms with Crippen LogP contribution in [0.15, 0.2) is 54.9 Å². The molecule has 0 saturated heterocycles. The number of carbonyl (C=O) groups excluding carboxylic acids is 1. The Hall–Kier alpha value is -2.20. The van der Waals surface area contributed by atoms with E-state index < -0.39 is 0 Å². The van der Waals surface area contributed by atoms with Crippen LogP contribution in [0.2, 0.25) is 0 Å². The summed E-state index contributed by atoms with van der Waals surface area (Å²) in [6.07, 6.45) is 4.72. The molecule has 0 fully saturated rings. The van der Waals surface area contributed by atoms with Gasteiger partial charge in [-0.2, -0.15) is 4.57 Å². The molecule has 4 nitrogen and oxygen atoms in total. The Bertz CT molecular complexity index is 570. The molecule has 0 bridgehead atoms. The van der Waals surface area contributed by atoms with E-state index in [9.17, 15) is 4.79 Å². The molecule has 0 aliphatic carbocycles. The standard InChI is InChI=1S/C17H20N2O2/c1-21-12-6-10-18-17(20)14-19-11-5-9-16(13-19)15-7-3-2-4-8-15/h2-5,7-9,11,13H,6,10,12,14H2,1H3/p+1. The van der Waals surface area contributed by atoms with Gasteiger partial charge in [0.15, 0.2) is 12.4 Å². The van der Waals surface area contributed by atoms with Crippen molar-refractivity contribution in [2.45, 2.75) is 13.0 Å². The van der Waals surface area contributed by atoms with Gasteiger partial charge in [-0.15, -0.1) is 0 Å². The van der Waals surface area contributed by atoms with Crippen molar-refractivity contribution in [3.8, 4) is 11.1 Å². The zero-order valence-electron chi connectivity index (χ0n) is 12.3. The Kier molecular flexibility index (Phi) is 5.91. The van der Waals surface area contributed by atoms with Crippen molar-refractivity contribution in [1.82, 2.24) is 5.32 Å². The van der Waals surface area contributed by atoms with Gasteiger partial charge < -0.3 is 10.1 Å². The molecule has 0 unspecified atom stereocenters. The van der Waals surface area contributed by atoms with Gasteiger partial charge in [-0.3, -0.25) is 4.79 Å². The summed E-state index contributed by atoms with van der Waals surface area (Å²) in [4.78, 5) is 11.9. The van der Waals surface area contributed by atoms with Crippen LogP contribution in [-0.4, -0.2) is 26.2 Å². The minimum atomic E-state index is 0.0151. The molecule has 1 aromatic heterocycles. The molecule has 0 aliphatic heterocycles. The summed E-state index contributed by atoms with van der Waals surface area (Å²) >= 11 is 0. The summed E-state index contributed by atoms with van der Waals surface area (Å²) in [6.45, 7) is 1.64. The Balaban J connectivity index is 1.94. The van der Waals surface area contributed by atoms with Crippen LogP contribution in [0.4, 0.5) is 0 Å². The number of nitrogens with one attached hydrogen (secondary N) is 1. The second-order valence-corrected chi connectivity index (χ2v) is 4.83. The summed E-state index contributed by atoms with van der Waals surface area (Å²) in [7, 11) is 1.66. The minimum absolute atomic E-state index is 0.0151. The van der Waals surface area contributed by atoms with E-state index >= 15 is 0 Å². The van der Waals surface area contributed by atoms with Crippen LogP contribution in [0.1, 0.15) is 6.42 Å². The predicted octanol–water partition coefficient (Wildman–Crippen LogP) is 1.79. The van der Waals surface area contributed by atoms with Crippen LogP contribution in [0.25, 0.3) is 11.1 Å².